The van der Waals surface area contributed by atoms with Gasteiger partial charge in [0, 0.05) is 0 Å². The van der Waals surface area contributed by atoms with Crippen LogP contribution in [0, 0.1) is 0 Å². The average molecular weight is 426 g/mol. The van der Waals surface area contributed by atoms with Gasteiger partial charge in [-0.1, -0.05) is 97.1 Å². The van der Waals surface area contributed by atoms with E-state index in [0.717, 1.165) is 18.4 Å². The molecule has 0 unspecified atom stereocenters. The Balaban J connectivity index is 1.71. The van der Waals surface area contributed by atoms with E-state index in [2.05, 4.69) is 91.0 Å². The molecule has 0 amide bonds. The molecule has 0 heterocycles. The molecule has 2 N–H and O–H groups in total. The van der Waals surface area contributed by atoms with E-state index >= 15 is 0 Å². The maximum atomic E-state index is 9.79. The van der Waals surface area contributed by atoms with Crippen molar-refractivity contribution in [2.24, 2.45) is 0 Å². The molecule has 0 saturated heterocycles. The second-order valence-electron chi connectivity index (χ2n) is 8.69. The van der Waals surface area contributed by atoms with Gasteiger partial charge in [-0.3, -0.25) is 0 Å². The summed E-state index contributed by atoms with van der Waals surface area (Å²) in [5, 5.41) is 26.9. The Hall–Kier alpha value is -3.66. The SMILES string of the molecule is OB(O)C1=CCCC(c2c3ccccc3c(-c3ccc4ccccc4c3)c3ccccc23)=C1. The predicted octanol–water partition coefficient (Wildman–Crippen LogP) is 6.93. The van der Waals surface area contributed by atoms with Gasteiger partial charge < -0.3 is 10.0 Å². The molecular formula is C30H23BO2. The van der Waals surface area contributed by atoms with Crippen molar-refractivity contribution in [1.82, 2.24) is 0 Å². The van der Waals surface area contributed by atoms with E-state index in [1.807, 2.05) is 12.2 Å². The number of fused-ring (bicyclic) bond motifs is 3. The summed E-state index contributed by atoms with van der Waals surface area (Å²) < 4.78 is 0. The van der Waals surface area contributed by atoms with Gasteiger partial charge in [0.05, 0.1) is 0 Å². The minimum absolute atomic E-state index is 0.572. The van der Waals surface area contributed by atoms with Crippen LogP contribution in [-0.2, 0) is 0 Å². The number of hydrogen-bond acceptors (Lipinski definition) is 2. The fraction of sp³-hybridized carbons (Fsp3) is 0.0667. The van der Waals surface area contributed by atoms with E-state index in [9.17, 15) is 10.0 Å². The fourth-order valence-electron chi connectivity index (χ4n) is 5.23. The molecule has 0 atom stereocenters. The van der Waals surface area contributed by atoms with Crippen LogP contribution in [0.5, 0.6) is 0 Å². The highest BCUT2D eigenvalue weighted by Gasteiger charge is 2.21. The van der Waals surface area contributed by atoms with Gasteiger partial charge in [-0.25, -0.2) is 0 Å². The number of rotatable bonds is 3. The molecule has 0 fully saturated rings. The Labute approximate surface area is 193 Å². The lowest BCUT2D eigenvalue weighted by Gasteiger charge is -2.21. The van der Waals surface area contributed by atoms with Gasteiger partial charge in [-0.15, -0.1) is 0 Å². The second kappa shape index (κ2) is 8.04. The fourth-order valence-corrected chi connectivity index (χ4v) is 5.23. The summed E-state index contributed by atoms with van der Waals surface area (Å²) in [7, 11) is -1.45. The zero-order valence-electron chi connectivity index (χ0n) is 18.2. The van der Waals surface area contributed by atoms with E-state index in [4.69, 9.17) is 0 Å². The van der Waals surface area contributed by atoms with E-state index < -0.39 is 7.12 Å². The summed E-state index contributed by atoms with van der Waals surface area (Å²) in [4.78, 5) is 0. The summed E-state index contributed by atoms with van der Waals surface area (Å²) in [5.74, 6) is 0. The molecular weight excluding hydrogens is 403 g/mol. The Kier molecular flexibility index (Phi) is 4.87. The first-order valence-corrected chi connectivity index (χ1v) is 11.4. The van der Waals surface area contributed by atoms with Crippen LogP contribution in [-0.4, -0.2) is 17.2 Å². The maximum Gasteiger partial charge on any atom is 0.488 e. The van der Waals surface area contributed by atoms with Gasteiger partial charge in [-0.05, 0) is 79.0 Å². The lowest BCUT2D eigenvalue weighted by molar-refractivity contribution is 0.420. The Morgan fingerprint density at radius 2 is 1.18 bits per heavy atom. The van der Waals surface area contributed by atoms with Crippen LogP contribution in [0.2, 0.25) is 0 Å². The van der Waals surface area contributed by atoms with E-state index in [1.165, 1.54) is 49.0 Å². The van der Waals surface area contributed by atoms with Crippen molar-refractivity contribution >= 4 is 45.0 Å². The first kappa shape index (κ1) is 20.0. The Morgan fingerprint density at radius 1 is 0.606 bits per heavy atom. The summed E-state index contributed by atoms with van der Waals surface area (Å²) in [5.41, 5.74) is 5.36. The van der Waals surface area contributed by atoms with Crippen LogP contribution in [0.25, 0.3) is 49.0 Å². The predicted molar refractivity (Wildman–Crippen MR) is 140 cm³/mol. The minimum atomic E-state index is -1.45. The molecule has 2 nitrogen and oxygen atoms in total. The molecule has 6 rings (SSSR count). The summed E-state index contributed by atoms with van der Waals surface area (Å²) in [6.45, 7) is 0. The smallest absolute Gasteiger partial charge is 0.423 e. The highest BCUT2D eigenvalue weighted by atomic mass is 16.4. The van der Waals surface area contributed by atoms with Gasteiger partial charge in [0.1, 0.15) is 0 Å². The molecule has 0 bridgehead atoms. The average Bonchev–Trinajstić information content (AvgIpc) is 2.87. The lowest BCUT2D eigenvalue weighted by Crippen LogP contribution is -2.15. The van der Waals surface area contributed by atoms with Gasteiger partial charge >= 0.3 is 7.12 Å². The van der Waals surface area contributed by atoms with E-state index in [0.29, 0.717) is 5.47 Å². The quantitative estimate of drug-likeness (QED) is 0.243. The Morgan fingerprint density at radius 3 is 1.82 bits per heavy atom. The van der Waals surface area contributed by atoms with Gasteiger partial charge in [-0.2, -0.15) is 0 Å². The van der Waals surface area contributed by atoms with Gasteiger partial charge in [0.15, 0.2) is 0 Å². The number of benzene rings is 5. The zero-order chi connectivity index (χ0) is 22.4. The van der Waals surface area contributed by atoms with Crippen molar-refractivity contribution in [3.8, 4) is 11.1 Å². The monoisotopic (exact) mass is 426 g/mol. The third kappa shape index (κ3) is 3.38. The molecule has 0 aromatic heterocycles. The van der Waals surface area contributed by atoms with Gasteiger partial charge in [0.25, 0.3) is 0 Å². The Bertz CT molecular complexity index is 1540. The maximum absolute atomic E-state index is 9.79. The van der Waals surface area contributed by atoms with E-state index in [-0.39, 0.29) is 0 Å². The molecule has 0 saturated carbocycles. The molecule has 0 aliphatic heterocycles. The normalized spacial score (nSPS) is 13.9. The van der Waals surface area contributed by atoms with Gasteiger partial charge in [0.2, 0.25) is 0 Å². The van der Waals surface area contributed by atoms with Crippen LogP contribution in [0.3, 0.4) is 0 Å². The summed E-state index contributed by atoms with van der Waals surface area (Å²) in [6, 6.07) is 32.3. The summed E-state index contributed by atoms with van der Waals surface area (Å²) in [6.07, 6.45) is 5.55. The second-order valence-corrected chi connectivity index (χ2v) is 8.69. The third-order valence-electron chi connectivity index (χ3n) is 6.72. The standard InChI is InChI=1S/C30H23BO2/c32-31(33)24-11-7-10-22(19-24)29-25-12-3-5-14-27(25)30(28-15-6-4-13-26(28)29)23-17-16-20-8-1-2-9-21(20)18-23/h1-6,8-9,11-19,32-33H,7,10H2. The molecule has 5 aromatic rings. The van der Waals surface area contributed by atoms with Crippen LogP contribution >= 0.6 is 0 Å². The molecule has 0 spiro atoms. The van der Waals surface area contributed by atoms with Crippen LogP contribution in [0.1, 0.15) is 18.4 Å². The largest absolute Gasteiger partial charge is 0.488 e. The molecule has 5 aromatic carbocycles. The van der Waals surface area contributed by atoms with E-state index in [1.54, 1.807) is 0 Å². The number of hydrogen-bond donors (Lipinski definition) is 2. The molecule has 1 aliphatic rings. The molecule has 158 valence electrons. The first-order valence-electron chi connectivity index (χ1n) is 11.4. The van der Waals surface area contributed by atoms with Crippen molar-refractivity contribution in [3.63, 3.8) is 0 Å². The number of allylic oxidation sites excluding steroid dienone is 4. The highest BCUT2D eigenvalue weighted by Crippen LogP contribution is 2.44. The van der Waals surface area contributed by atoms with Crippen molar-refractivity contribution in [1.29, 1.82) is 0 Å². The summed E-state index contributed by atoms with van der Waals surface area (Å²) >= 11 is 0. The van der Waals surface area contributed by atoms with Crippen molar-refractivity contribution in [3.05, 3.63) is 114 Å². The first-order chi connectivity index (χ1) is 16.2. The minimum Gasteiger partial charge on any atom is -0.423 e. The van der Waals surface area contributed by atoms with Crippen LogP contribution < -0.4 is 0 Å². The van der Waals surface area contributed by atoms with Crippen LogP contribution in [0.4, 0.5) is 0 Å². The molecule has 1 aliphatic carbocycles. The van der Waals surface area contributed by atoms with Crippen LogP contribution in [0.15, 0.2) is 109 Å². The van der Waals surface area contributed by atoms with Crippen molar-refractivity contribution in [2.75, 3.05) is 0 Å². The van der Waals surface area contributed by atoms with Crippen molar-refractivity contribution < 1.29 is 10.0 Å². The lowest BCUT2D eigenvalue weighted by atomic mass is 9.73. The third-order valence-corrected chi connectivity index (χ3v) is 6.72. The molecule has 3 heteroatoms. The molecule has 33 heavy (non-hydrogen) atoms. The van der Waals surface area contributed by atoms with Crippen molar-refractivity contribution in [2.45, 2.75) is 12.8 Å². The zero-order valence-corrected chi connectivity index (χ0v) is 18.2. The highest BCUT2D eigenvalue weighted by molar-refractivity contribution is 6.52. The molecule has 0 radical (unpaired) electrons. The topological polar surface area (TPSA) is 40.5 Å².